The fourth-order valence-electron chi connectivity index (χ4n) is 1.91. The number of thioether (sulfide) groups is 1. The average Bonchev–Trinajstić information content (AvgIpc) is 2.87. The molecule has 0 unspecified atom stereocenters. The topological polar surface area (TPSA) is 59.8 Å². The molecule has 1 N–H and O–H groups in total. The Hall–Kier alpha value is -1.53. The van der Waals surface area contributed by atoms with Crippen LogP contribution in [0.25, 0.3) is 5.69 Å². The minimum atomic E-state index is 0.0155. The van der Waals surface area contributed by atoms with Crippen LogP contribution in [0.2, 0.25) is 5.02 Å². The van der Waals surface area contributed by atoms with Gasteiger partial charge in [-0.25, -0.2) is 0 Å². The van der Waals surface area contributed by atoms with Crippen LogP contribution < -0.4 is 5.32 Å². The molecule has 1 aromatic carbocycles. The Morgan fingerprint density at radius 2 is 2.05 bits per heavy atom. The van der Waals surface area contributed by atoms with Crippen molar-refractivity contribution >= 4 is 29.3 Å². The summed E-state index contributed by atoms with van der Waals surface area (Å²) in [4.78, 5) is 11.8. The molecule has 1 amide bonds. The van der Waals surface area contributed by atoms with Gasteiger partial charge in [-0.2, -0.15) is 0 Å². The first-order valence-corrected chi connectivity index (χ1v) is 8.55. The maximum Gasteiger partial charge on any atom is 0.230 e. The Morgan fingerprint density at radius 3 is 2.73 bits per heavy atom. The number of benzene rings is 1. The summed E-state index contributed by atoms with van der Waals surface area (Å²) in [6.45, 7) is 4.70. The number of unbranched alkanes of at least 4 members (excludes halogenated alkanes) is 1. The Morgan fingerprint density at radius 1 is 1.32 bits per heavy atom. The summed E-state index contributed by atoms with van der Waals surface area (Å²) in [5, 5.41) is 12.5. The molecule has 118 valence electrons. The Kier molecular flexibility index (Phi) is 6.27. The van der Waals surface area contributed by atoms with Gasteiger partial charge in [-0.05, 0) is 37.6 Å². The van der Waals surface area contributed by atoms with Crippen LogP contribution in [0.15, 0.2) is 29.4 Å². The van der Waals surface area contributed by atoms with Crippen LogP contribution in [0.4, 0.5) is 0 Å². The third-order valence-electron chi connectivity index (χ3n) is 3.06. The monoisotopic (exact) mass is 338 g/mol. The molecule has 0 saturated heterocycles. The first kappa shape index (κ1) is 16.8. The van der Waals surface area contributed by atoms with Crippen molar-refractivity contribution < 1.29 is 4.79 Å². The summed E-state index contributed by atoms with van der Waals surface area (Å²) in [5.41, 5.74) is 0.931. The van der Waals surface area contributed by atoms with Gasteiger partial charge in [-0.1, -0.05) is 36.7 Å². The summed E-state index contributed by atoms with van der Waals surface area (Å²) in [6.07, 6.45) is 2.06. The van der Waals surface area contributed by atoms with Gasteiger partial charge in [-0.15, -0.1) is 10.2 Å². The lowest BCUT2D eigenvalue weighted by molar-refractivity contribution is -0.118. The molecule has 1 aromatic heterocycles. The van der Waals surface area contributed by atoms with Crippen LogP contribution in [0, 0.1) is 6.92 Å². The van der Waals surface area contributed by atoms with Crippen molar-refractivity contribution in [2.75, 3.05) is 12.3 Å². The van der Waals surface area contributed by atoms with E-state index in [4.69, 9.17) is 11.6 Å². The first-order chi connectivity index (χ1) is 10.6. The van der Waals surface area contributed by atoms with E-state index in [9.17, 15) is 4.79 Å². The highest BCUT2D eigenvalue weighted by Crippen LogP contribution is 2.22. The lowest BCUT2D eigenvalue weighted by Gasteiger charge is -2.08. The van der Waals surface area contributed by atoms with E-state index < -0.39 is 0 Å². The molecule has 0 saturated carbocycles. The van der Waals surface area contributed by atoms with E-state index in [0.29, 0.717) is 15.9 Å². The summed E-state index contributed by atoms with van der Waals surface area (Å²) in [7, 11) is 0. The zero-order valence-corrected chi connectivity index (χ0v) is 14.2. The molecule has 0 fully saturated rings. The number of aromatic nitrogens is 3. The zero-order valence-electron chi connectivity index (χ0n) is 12.7. The maximum atomic E-state index is 11.8. The number of halogens is 1. The van der Waals surface area contributed by atoms with Gasteiger partial charge in [-0.3, -0.25) is 9.36 Å². The molecule has 0 spiro atoms. The number of hydrogen-bond donors (Lipinski definition) is 1. The highest BCUT2D eigenvalue weighted by atomic mass is 35.5. The van der Waals surface area contributed by atoms with E-state index in [2.05, 4.69) is 22.4 Å². The van der Waals surface area contributed by atoms with E-state index >= 15 is 0 Å². The third-order valence-corrected chi connectivity index (χ3v) is 4.25. The van der Waals surface area contributed by atoms with Gasteiger partial charge in [0.1, 0.15) is 5.82 Å². The Labute approximate surface area is 139 Å². The molecule has 1 heterocycles. The van der Waals surface area contributed by atoms with Gasteiger partial charge in [0.25, 0.3) is 0 Å². The number of aryl methyl sites for hydroxylation is 1. The molecule has 7 heteroatoms. The molecule has 0 atom stereocenters. The first-order valence-electron chi connectivity index (χ1n) is 7.19. The van der Waals surface area contributed by atoms with Crippen LogP contribution in [0.5, 0.6) is 0 Å². The highest BCUT2D eigenvalue weighted by molar-refractivity contribution is 7.99. The number of nitrogens with one attached hydrogen (secondary N) is 1. The molecule has 0 bridgehead atoms. The minimum Gasteiger partial charge on any atom is -0.355 e. The minimum absolute atomic E-state index is 0.0155. The van der Waals surface area contributed by atoms with Gasteiger partial charge in [0.05, 0.1) is 5.75 Å². The SMILES string of the molecule is CCCCNC(=O)CSc1nnc(C)n1-c1ccc(Cl)cc1. The number of rotatable bonds is 7. The van der Waals surface area contributed by atoms with Crippen molar-refractivity contribution in [1.82, 2.24) is 20.1 Å². The van der Waals surface area contributed by atoms with Crippen LogP contribution in [0.3, 0.4) is 0 Å². The van der Waals surface area contributed by atoms with E-state index in [1.165, 1.54) is 11.8 Å². The quantitative estimate of drug-likeness (QED) is 0.622. The van der Waals surface area contributed by atoms with Gasteiger partial charge in [0.2, 0.25) is 5.91 Å². The van der Waals surface area contributed by atoms with Crippen LogP contribution in [-0.4, -0.2) is 33.0 Å². The highest BCUT2D eigenvalue weighted by Gasteiger charge is 2.13. The molecular weight excluding hydrogens is 320 g/mol. The lowest BCUT2D eigenvalue weighted by atomic mass is 10.3. The number of hydrogen-bond acceptors (Lipinski definition) is 4. The van der Waals surface area contributed by atoms with E-state index in [0.717, 1.165) is 30.9 Å². The Bertz CT molecular complexity index is 627. The van der Waals surface area contributed by atoms with Crippen molar-refractivity contribution in [3.8, 4) is 5.69 Å². The van der Waals surface area contributed by atoms with Gasteiger partial charge in [0, 0.05) is 17.3 Å². The van der Waals surface area contributed by atoms with Crippen molar-refractivity contribution in [2.45, 2.75) is 31.8 Å². The van der Waals surface area contributed by atoms with Crippen LogP contribution in [-0.2, 0) is 4.79 Å². The fraction of sp³-hybridized carbons (Fsp3) is 0.400. The average molecular weight is 339 g/mol. The second-order valence-corrected chi connectivity index (χ2v) is 6.21. The van der Waals surface area contributed by atoms with Crippen LogP contribution >= 0.6 is 23.4 Å². The van der Waals surface area contributed by atoms with E-state index in [-0.39, 0.29) is 5.91 Å². The Balaban J connectivity index is 2.03. The summed E-state index contributed by atoms with van der Waals surface area (Å²) < 4.78 is 1.92. The molecule has 0 radical (unpaired) electrons. The third kappa shape index (κ3) is 4.48. The van der Waals surface area contributed by atoms with Crippen molar-refractivity contribution in [3.05, 3.63) is 35.1 Å². The smallest absolute Gasteiger partial charge is 0.230 e. The van der Waals surface area contributed by atoms with Crippen molar-refractivity contribution in [2.24, 2.45) is 0 Å². The van der Waals surface area contributed by atoms with Gasteiger partial charge < -0.3 is 5.32 Å². The van der Waals surface area contributed by atoms with Crippen molar-refractivity contribution in [1.29, 1.82) is 0 Å². The number of carbonyl (C=O) groups is 1. The standard InChI is InChI=1S/C15H19ClN4OS/c1-3-4-9-17-14(21)10-22-15-19-18-11(2)20(15)13-7-5-12(16)6-8-13/h5-8H,3-4,9-10H2,1-2H3,(H,17,21). The van der Waals surface area contributed by atoms with Crippen LogP contribution in [0.1, 0.15) is 25.6 Å². The summed E-state index contributed by atoms with van der Waals surface area (Å²) >= 11 is 7.29. The second kappa shape index (κ2) is 8.19. The predicted octanol–water partition coefficient (Wildman–Crippen LogP) is 3.24. The molecule has 0 aliphatic carbocycles. The molecule has 5 nitrogen and oxygen atoms in total. The summed E-state index contributed by atoms with van der Waals surface area (Å²) in [6, 6.07) is 7.46. The van der Waals surface area contributed by atoms with Gasteiger partial charge in [0.15, 0.2) is 5.16 Å². The molecular formula is C15H19ClN4OS. The molecule has 0 aliphatic heterocycles. The molecule has 2 rings (SSSR count). The fourth-order valence-corrected chi connectivity index (χ4v) is 2.86. The lowest BCUT2D eigenvalue weighted by Crippen LogP contribution is -2.26. The number of carbonyl (C=O) groups excluding carboxylic acids is 1. The summed E-state index contributed by atoms with van der Waals surface area (Å²) in [5.74, 6) is 1.12. The normalized spacial score (nSPS) is 10.7. The number of nitrogens with zero attached hydrogens (tertiary/aromatic N) is 3. The van der Waals surface area contributed by atoms with E-state index in [1.54, 1.807) is 0 Å². The van der Waals surface area contributed by atoms with Gasteiger partial charge >= 0.3 is 0 Å². The maximum absolute atomic E-state index is 11.8. The largest absolute Gasteiger partial charge is 0.355 e. The molecule has 2 aromatic rings. The molecule has 0 aliphatic rings. The van der Waals surface area contributed by atoms with E-state index in [1.807, 2.05) is 35.8 Å². The van der Waals surface area contributed by atoms with Crippen molar-refractivity contribution in [3.63, 3.8) is 0 Å². The second-order valence-electron chi connectivity index (χ2n) is 4.83. The predicted molar refractivity (Wildman–Crippen MR) is 89.7 cm³/mol. The zero-order chi connectivity index (χ0) is 15.9. The number of amides is 1. The molecule has 22 heavy (non-hydrogen) atoms.